The molecule has 0 spiro atoms. The number of likely N-dealkylation sites (tertiary alicyclic amines) is 1. The van der Waals surface area contributed by atoms with Gasteiger partial charge in [0.15, 0.2) is 5.65 Å². The minimum absolute atomic E-state index is 0.104. The van der Waals surface area contributed by atoms with Crippen molar-refractivity contribution < 1.29 is 9.90 Å². The van der Waals surface area contributed by atoms with Gasteiger partial charge in [-0.1, -0.05) is 48.5 Å². The third kappa shape index (κ3) is 4.53. The Bertz CT molecular complexity index is 1600. The summed E-state index contributed by atoms with van der Waals surface area (Å²) in [4.78, 5) is 20.0. The number of carbonyl (C=O) groups is 1. The van der Waals surface area contributed by atoms with Crippen LogP contribution in [0.4, 0.5) is 5.82 Å². The molecule has 2 N–H and O–H groups in total. The van der Waals surface area contributed by atoms with E-state index in [0.29, 0.717) is 22.8 Å². The number of para-hydroxylation sites is 1. The normalized spacial score (nSPS) is 14.4. The molecule has 0 saturated carbocycles. The molecular formula is C29H26BrN5O2. The second-order valence-corrected chi connectivity index (χ2v) is 10.3. The van der Waals surface area contributed by atoms with Gasteiger partial charge in [0.1, 0.15) is 11.6 Å². The first kappa shape index (κ1) is 23.5. The van der Waals surface area contributed by atoms with E-state index in [9.17, 15) is 9.90 Å². The number of hydrogen-bond donors (Lipinski definition) is 2. The van der Waals surface area contributed by atoms with Crippen LogP contribution in [0.2, 0.25) is 0 Å². The van der Waals surface area contributed by atoms with Crippen molar-refractivity contribution in [3.63, 3.8) is 0 Å². The number of aromatic hydroxyl groups is 1. The highest BCUT2D eigenvalue weighted by atomic mass is 79.9. The van der Waals surface area contributed by atoms with Crippen LogP contribution < -0.4 is 5.32 Å². The molecule has 2 aromatic heterocycles. The molecule has 0 bridgehead atoms. The summed E-state index contributed by atoms with van der Waals surface area (Å²) in [6.07, 6.45) is 3.57. The highest BCUT2D eigenvalue weighted by molar-refractivity contribution is 9.10. The van der Waals surface area contributed by atoms with Crippen LogP contribution in [-0.4, -0.2) is 50.1 Å². The highest BCUT2D eigenvalue weighted by Crippen LogP contribution is 2.31. The van der Waals surface area contributed by atoms with Crippen LogP contribution >= 0.6 is 15.9 Å². The monoisotopic (exact) mass is 555 g/mol. The fraction of sp³-hybridized carbons (Fsp3) is 0.207. The summed E-state index contributed by atoms with van der Waals surface area (Å²) in [5, 5.41) is 20.5. The Kier molecular flexibility index (Phi) is 6.26. The first-order valence-corrected chi connectivity index (χ1v) is 13.2. The molecule has 1 aliphatic heterocycles. The molecule has 1 aliphatic rings. The number of piperidine rings is 1. The minimum Gasteiger partial charge on any atom is -0.507 e. The van der Waals surface area contributed by atoms with Crippen LogP contribution in [-0.2, 0) is 0 Å². The quantitative estimate of drug-likeness (QED) is 0.278. The van der Waals surface area contributed by atoms with Gasteiger partial charge in [0.25, 0.3) is 5.91 Å². The first-order chi connectivity index (χ1) is 18.1. The fourth-order valence-electron chi connectivity index (χ4n) is 5.06. The summed E-state index contributed by atoms with van der Waals surface area (Å²) in [5.41, 5.74) is 2.79. The van der Waals surface area contributed by atoms with Crippen molar-refractivity contribution in [2.24, 2.45) is 5.92 Å². The number of nitrogens with zero attached hydrogens (tertiary/aromatic N) is 4. The van der Waals surface area contributed by atoms with Gasteiger partial charge in [-0.3, -0.25) is 4.79 Å². The van der Waals surface area contributed by atoms with Crippen LogP contribution in [0.1, 0.15) is 23.2 Å². The SMILES string of the molecule is O=C(c1cccc2ccccc12)N1CCC(CNc2cc(-c3ccccc3O)nc3c(Br)cnn23)CC1. The van der Waals surface area contributed by atoms with Gasteiger partial charge in [-0.2, -0.15) is 9.61 Å². The molecule has 0 radical (unpaired) electrons. The smallest absolute Gasteiger partial charge is 0.254 e. The fourth-order valence-corrected chi connectivity index (χ4v) is 5.41. The Morgan fingerprint density at radius 1 is 1.03 bits per heavy atom. The van der Waals surface area contributed by atoms with Crippen molar-refractivity contribution in [2.75, 3.05) is 25.0 Å². The summed E-state index contributed by atoms with van der Waals surface area (Å²) in [5.74, 6) is 1.52. The maximum atomic E-state index is 13.3. The van der Waals surface area contributed by atoms with Gasteiger partial charge in [-0.25, -0.2) is 4.98 Å². The zero-order valence-corrected chi connectivity index (χ0v) is 21.7. The summed E-state index contributed by atoms with van der Waals surface area (Å²) in [6.45, 7) is 2.22. The molecule has 0 unspecified atom stereocenters. The molecule has 1 fully saturated rings. The van der Waals surface area contributed by atoms with E-state index in [1.54, 1.807) is 22.8 Å². The molecule has 5 aromatic rings. The van der Waals surface area contributed by atoms with Gasteiger partial charge in [0.05, 0.1) is 16.4 Å². The lowest BCUT2D eigenvalue weighted by molar-refractivity contribution is 0.0697. The number of phenolic OH excluding ortho intramolecular Hbond substituents is 1. The Hall–Kier alpha value is -3.91. The van der Waals surface area contributed by atoms with E-state index < -0.39 is 0 Å². The lowest BCUT2D eigenvalue weighted by Gasteiger charge is -2.32. The van der Waals surface area contributed by atoms with Crippen molar-refractivity contribution in [1.82, 2.24) is 19.5 Å². The van der Waals surface area contributed by atoms with E-state index in [0.717, 1.165) is 59.1 Å². The van der Waals surface area contributed by atoms with Gasteiger partial charge in [0.2, 0.25) is 0 Å². The summed E-state index contributed by atoms with van der Waals surface area (Å²) in [7, 11) is 0. The van der Waals surface area contributed by atoms with Crippen molar-refractivity contribution in [3.05, 3.63) is 89.0 Å². The number of aromatic nitrogens is 3. The minimum atomic E-state index is 0.104. The Morgan fingerprint density at radius 2 is 1.78 bits per heavy atom. The van der Waals surface area contributed by atoms with E-state index >= 15 is 0 Å². The average molecular weight is 556 g/mol. The third-order valence-corrected chi connectivity index (χ3v) is 7.66. The second kappa shape index (κ2) is 9.86. The van der Waals surface area contributed by atoms with E-state index in [2.05, 4.69) is 26.3 Å². The Labute approximate surface area is 222 Å². The van der Waals surface area contributed by atoms with Crippen molar-refractivity contribution in [1.29, 1.82) is 0 Å². The van der Waals surface area contributed by atoms with Gasteiger partial charge < -0.3 is 15.3 Å². The molecule has 3 heterocycles. The molecule has 1 amide bonds. The molecule has 8 heteroatoms. The van der Waals surface area contributed by atoms with Crippen LogP contribution in [0.15, 0.2) is 83.5 Å². The van der Waals surface area contributed by atoms with Gasteiger partial charge >= 0.3 is 0 Å². The number of hydrogen-bond acceptors (Lipinski definition) is 5. The van der Waals surface area contributed by atoms with E-state index in [1.807, 2.05) is 65.6 Å². The number of nitrogens with one attached hydrogen (secondary N) is 1. The number of amides is 1. The third-order valence-electron chi connectivity index (χ3n) is 7.10. The zero-order chi connectivity index (χ0) is 25.4. The molecule has 186 valence electrons. The van der Waals surface area contributed by atoms with E-state index in [1.165, 1.54) is 0 Å². The second-order valence-electron chi connectivity index (χ2n) is 9.41. The first-order valence-electron chi connectivity index (χ1n) is 12.4. The maximum Gasteiger partial charge on any atom is 0.254 e. The average Bonchev–Trinajstić information content (AvgIpc) is 3.32. The molecular weight excluding hydrogens is 530 g/mol. The molecule has 37 heavy (non-hydrogen) atoms. The van der Waals surface area contributed by atoms with Gasteiger partial charge in [-0.15, -0.1) is 0 Å². The number of anilines is 1. The molecule has 6 rings (SSSR count). The van der Waals surface area contributed by atoms with Crippen LogP contribution in [0.3, 0.4) is 0 Å². The number of rotatable bonds is 5. The van der Waals surface area contributed by atoms with Crippen LogP contribution in [0.25, 0.3) is 27.7 Å². The largest absolute Gasteiger partial charge is 0.507 e. The van der Waals surface area contributed by atoms with E-state index in [4.69, 9.17) is 4.98 Å². The predicted octanol–water partition coefficient (Wildman–Crippen LogP) is 5.98. The highest BCUT2D eigenvalue weighted by Gasteiger charge is 2.25. The van der Waals surface area contributed by atoms with Crippen molar-refractivity contribution in [2.45, 2.75) is 12.8 Å². The zero-order valence-electron chi connectivity index (χ0n) is 20.1. The van der Waals surface area contributed by atoms with Crippen molar-refractivity contribution in [3.8, 4) is 17.0 Å². The van der Waals surface area contributed by atoms with Crippen LogP contribution in [0, 0.1) is 5.92 Å². The standard InChI is InChI=1S/C29H26BrN5O2/c30-24-18-32-35-27(16-25(33-28(24)35)23-9-3-4-11-26(23)36)31-17-19-12-14-34(15-13-19)29(37)22-10-5-7-20-6-1-2-8-21(20)22/h1-11,16,18-19,31,36H,12-15,17H2. The number of phenols is 1. The summed E-state index contributed by atoms with van der Waals surface area (Å²) >= 11 is 3.53. The molecule has 3 aromatic carbocycles. The lowest BCUT2D eigenvalue weighted by atomic mass is 9.95. The molecule has 0 aliphatic carbocycles. The number of halogens is 1. The molecule has 1 saturated heterocycles. The maximum absolute atomic E-state index is 13.3. The topological polar surface area (TPSA) is 82.8 Å². The molecule has 0 atom stereocenters. The lowest BCUT2D eigenvalue weighted by Crippen LogP contribution is -2.40. The number of carbonyl (C=O) groups excluding carboxylic acids is 1. The predicted molar refractivity (Wildman–Crippen MR) is 149 cm³/mol. The van der Waals surface area contributed by atoms with Crippen molar-refractivity contribution >= 4 is 44.1 Å². The van der Waals surface area contributed by atoms with Gasteiger partial charge in [-0.05, 0) is 63.7 Å². The number of benzene rings is 3. The molecule has 7 nitrogen and oxygen atoms in total. The summed E-state index contributed by atoms with van der Waals surface area (Å²) in [6, 6.07) is 23.1. The number of fused-ring (bicyclic) bond motifs is 2. The Morgan fingerprint density at radius 3 is 2.62 bits per heavy atom. The summed E-state index contributed by atoms with van der Waals surface area (Å²) < 4.78 is 2.56. The Balaban J connectivity index is 1.16. The van der Waals surface area contributed by atoms with E-state index in [-0.39, 0.29) is 11.7 Å². The van der Waals surface area contributed by atoms with Gasteiger partial charge in [0, 0.05) is 36.8 Å². The van der Waals surface area contributed by atoms with Crippen LogP contribution in [0.5, 0.6) is 5.75 Å².